The van der Waals surface area contributed by atoms with E-state index >= 15 is 0 Å². The van der Waals surface area contributed by atoms with Crippen LogP contribution in [0.4, 0.5) is 17.1 Å². The number of fused-ring (bicyclic) bond motifs is 6. The highest BCUT2D eigenvalue weighted by Crippen LogP contribution is 2.47. The molecule has 12 aromatic rings. The lowest BCUT2D eigenvalue weighted by Gasteiger charge is -2.29. The lowest BCUT2D eigenvalue weighted by Crippen LogP contribution is -2.12. The summed E-state index contributed by atoms with van der Waals surface area (Å²) in [4.78, 5) is 7.45. The van der Waals surface area contributed by atoms with Gasteiger partial charge in [0.2, 0.25) is 0 Å². The molecule has 2 aromatic heterocycles. The van der Waals surface area contributed by atoms with Gasteiger partial charge in [0.15, 0.2) is 0 Å². The predicted molar refractivity (Wildman–Crippen MR) is 258 cm³/mol. The molecule has 0 spiro atoms. The summed E-state index contributed by atoms with van der Waals surface area (Å²) in [7, 11) is 0. The Bertz CT molecular complexity index is 3580. The summed E-state index contributed by atoms with van der Waals surface area (Å²) < 4.78 is 7.85. The molecule has 0 radical (unpaired) electrons. The van der Waals surface area contributed by atoms with Crippen LogP contribution in [0.3, 0.4) is 0 Å². The van der Waals surface area contributed by atoms with Gasteiger partial charge in [-0.15, -0.1) is 11.3 Å². The molecule has 4 heteroatoms. The molecule has 0 unspecified atom stereocenters. The van der Waals surface area contributed by atoms with Gasteiger partial charge >= 0.3 is 0 Å². The van der Waals surface area contributed by atoms with Gasteiger partial charge in [0.1, 0.15) is 16.2 Å². The number of furan rings is 1. The van der Waals surface area contributed by atoms with Crippen LogP contribution in [0.25, 0.3) is 97.7 Å². The van der Waals surface area contributed by atoms with Gasteiger partial charge in [-0.3, -0.25) is 0 Å². The van der Waals surface area contributed by atoms with Crippen molar-refractivity contribution in [2.75, 3.05) is 4.90 Å². The molecule has 0 atom stereocenters. The summed E-state index contributed by atoms with van der Waals surface area (Å²) in [6.07, 6.45) is 0. The van der Waals surface area contributed by atoms with Crippen molar-refractivity contribution in [3.05, 3.63) is 218 Å². The number of nitrogens with zero attached hydrogens (tertiary/aromatic N) is 2. The molecule has 2 heterocycles. The Kier molecular flexibility index (Phi) is 8.36. The van der Waals surface area contributed by atoms with E-state index in [0.717, 1.165) is 76.5 Å². The average Bonchev–Trinajstić information content (AvgIpc) is 3.92. The van der Waals surface area contributed by atoms with E-state index in [2.05, 4.69) is 217 Å². The molecule has 61 heavy (non-hydrogen) atoms. The molecule has 0 N–H and O–H groups in total. The maximum Gasteiger partial charge on any atom is 0.143 e. The zero-order chi connectivity index (χ0) is 40.3. The fraction of sp³-hybridized carbons (Fsp3) is 0. The van der Waals surface area contributed by atoms with Crippen LogP contribution < -0.4 is 4.90 Å². The second kappa shape index (κ2) is 14.5. The van der Waals surface area contributed by atoms with Crippen molar-refractivity contribution in [2.45, 2.75) is 0 Å². The second-order valence-electron chi connectivity index (χ2n) is 15.5. The second-order valence-corrected chi connectivity index (χ2v) is 16.5. The van der Waals surface area contributed by atoms with E-state index < -0.39 is 0 Å². The van der Waals surface area contributed by atoms with Crippen LogP contribution in [0.15, 0.2) is 223 Å². The maximum atomic E-state index is 6.73. The summed E-state index contributed by atoms with van der Waals surface area (Å²) in [5.74, 6) is 0. The van der Waals surface area contributed by atoms with Crippen molar-refractivity contribution in [2.24, 2.45) is 0 Å². The number of para-hydroxylation sites is 2. The zero-order valence-electron chi connectivity index (χ0n) is 33.0. The third kappa shape index (κ3) is 5.99. The summed E-state index contributed by atoms with van der Waals surface area (Å²) >= 11 is 1.70. The number of hydrogen-bond acceptors (Lipinski definition) is 4. The van der Waals surface area contributed by atoms with Crippen molar-refractivity contribution in [3.63, 3.8) is 0 Å². The van der Waals surface area contributed by atoms with Gasteiger partial charge in [0.05, 0.1) is 21.6 Å². The van der Waals surface area contributed by atoms with Crippen molar-refractivity contribution in [3.8, 4) is 44.0 Å². The van der Waals surface area contributed by atoms with Crippen molar-refractivity contribution in [1.82, 2.24) is 4.98 Å². The third-order valence-electron chi connectivity index (χ3n) is 11.9. The van der Waals surface area contributed by atoms with Gasteiger partial charge in [-0.05, 0) is 68.7 Å². The minimum atomic E-state index is 0.873. The van der Waals surface area contributed by atoms with E-state index in [1.54, 1.807) is 11.3 Å². The molecular weight excluding hydrogens is 761 g/mol. The molecular formula is C57H36N2OS. The Morgan fingerprint density at radius 1 is 0.393 bits per heavy atom. The van der Waals surface area contributed by atoms with Crippen LogP contribution >= 0.6 is 11.3 Å². The van der Waals surface area contributed by atoms with Gasteiger partial charge in [-0.1, -0.05) is 182 Å². The van der Waals surface area contributed by atoms with E-state index in [1.807, 2.05) is 6.07 Å². The monoisotopic (exact) mass is 796 g/mol. The maximum absolute atomic E-state index is 6.73. The Morgan fingerprint density at radius 2 is 1.00 bits per heavy atom. The van der Waals surface area contributed by atoms with Gasteiger partial charge in [0.25, 0.3) is 0 Å². The highest BCUT2D eigenvalue weighted by atomic mass is 32.1. The van der Waals surface area contributed by atoms with Gasteiger partial charge in [-0.25, -0.2) is 4.98 Å². The van der Waals surface area contributed by atoms with Gasteiger partial charge < -0.3 is 9.32 Å². The number of hydrogen-bond donors (Lipinski definition) is 0. The van der Waals surface area contributed by atoms with Crippen LogP contribution in [-0.2, 0) is 0 Å². The van der Waals surface area contributed by atoms with Crippen LogP contribution in [0.2, 0.25) is 0 Å². The van der Waals surface area contributed by atoms with Crippen molar-refractivity contribution < 1.29 is 4.42 Å². The molecule has 0 aliphatic heterocycles. The standard InChI is InChI=1S/C57H36N2OS/c1-3-15-38(16-4-1)43-22-11-12-28-52(43)59(53-34-33-47(46-23-9-10-24-48(46)53)45-26-13-20-37-17-7-8-21-42(37)45)41-31-29-39(30-32-41)44-25-14-27-49-50-35-51-55(36-54(50)60-56(44)49)61-57(58-51)40-18-5-2-6-19-40/h1-36H. The zero-order valence-corrected chi connectivity index (χ0v) is 33.8. The molecule has 10 aromatic carbocycles. The number of thiazole rings is 1. The minimum Gasteiger partial charge on any atom is -0.455 e. The minimum absolute atomic E-state index is 0.873. The molecule has 286 valence electrons. The molecule has 3 nitrogen and oxygen atoms in total. The summed E-state index contributed by atoms with van der Waals surface area (Å²) in [5.41, 5.74) is 14.1. The van der Waals surface area contributed by atoms with Crippen LogP contribution in [0, 0.1) is 0 Å². The summed E-state index contributed by atoms with van der Waals surface area (Å²) in [6.45, 7) is 0. The smallest absolute Gasteiger partial charge is 0.143 e. The fourth-order valence-electron chi connectivity index (χ4n) is 9.05. The fourth-order valence-corrected chi connectivity index (χ4v) is 10.0. The van der Waals surface area contributed by atoms with Crippen molar-refractivity contribution >= 4 is 82.1 Å². The van der Waals surface area contributed by atoms with Gasteiger partial charge in [-0.2, -0.15) is 0 Å². The predicted octanol–water partition coefficient (Wildman–Crippen LogP) is 16.6. The topological polar surface area (TPSA) is 29.3 Å². The molecule has 0 amide bonds. The number of anilines is 3. The molecule has 12 rings (SSSR count). The molecule has 0 aliphatic carbocycles. The first-order valence-electron chi connectivity index (χ1n) is 20.6. The SMILES string of the molecule is c1ccc(-c2nc3cc4c(cc3s2)oc2c(-c3ccc(N(c5ccccc5-c5ccccc5)c5ccc(-c6cccc7ccccc67)c6ccccc56)cc3)cccc24)cc1. The number of benzene rings is 10. The van der Waals surface area contributed by atoms with E-state index in [9.17, 15) is 0 Å². The number of rotatable bonds is 7. The molecule has 0 bridgehead atoms. The van der Waals surface area contributed by atoms with E-state index in [1.165, 1.54) is 38.2 Å². The van der Waals surface area contributed by atoms with Crippen LogP contribution in [0.1, 0.15) is 0 Å². The first-order chi connectivity index (χ1) is 30.2. The third-order valence-corrected chi connectivity index (χ3v) is 13.0. The summed E-state index contributed by atoms with van der Waals surface area (Å²) in [5, 5.41) is 8.05. The van der Waals surface area contributed by atoms with Crippen molar-refractivity contribution in [1.29, 1.82) is 0 Å². The molecule has 0 aliphatic rings. The Balaban J connectivity index is 1.00. The van der Waals surface area contributed by atoms with Crippen LogP contribution in [-0.4, -0.2) is 4.98 Å². The van der Waals surface area contributed by atoms with E-state index in [4.69, 9.17) is 9.40 Å². The lowest BCUT2D eigenvalue weighted by atomic mass is 9.92. The molecule has 0 saturated heterocycles. The first kappa shape index (κ1) is 35.2. The van der Waals surface area contributed by atoms with Crippen LogP contribution in [0.5, 0.6) is 0 Å². The molecule has 0 saturated carbocycles. The quantitative estimate of drug-likeness (QED) is 0.161. The summed E-state index contributed by atoms with van der Waals surface area (Å²) in [6, 6.07) is 78.2. The Labute approximate surface area is 357 Å². The average molecular weight is 797 g/mol. The normalized spacial score (nSPS) is 11.6. The highest BCUT2D eigenvalue weighted by Gasteiger charge is 2.22. The van der Waals surface area contributed by atoms with E-state index in [-0.39, 0.29) is 0 Å². The highest BCUT2D eigenvalue weighted by molar-refractivity contribution is 7.21. The largest absolute Gasteiger partial charge is 0.455 e. The number of aromatic nitrogens is 1. The lowest BCUT2D eigenvalue weighted by molar-refractivity contribution is 0.670. The Hall–Kier alpha value is -7.79. The Morgan fingerprint density at radius 3 is 1.84 bits per heavy atom. The molecule has 0 fully saturated rings. The van der Waals surface area contributed by atoms with Gasteiger partial charge in [0, 0.05) is 44.6 Å². The van der Waals surface area contributed by atoms with E-state index in [0.29, 0.717) is 0 Å². The first-order valence-corrected chi connectivity index (χ1v) is 21.4.